The van der Waals surface area contributed by atoms with E-state index in [9.17, 15) is 8.42 Å². The van der Waals surface area contributed by atoms with E-state index in [0.29, 0.717) is 11.5 Å². The van der Waals surface area contributed by atoms with E-state index < -0.39 is 10.0 Å². The first kappa shape index (κ1) is 19.6. The third-order valence-electron chi connectivity index (χ3n) is 4.02. The van der Waals surface area contributed by atoms with E-state index in [1.54, 1.807) is 0 Å². The van der Waals surface area contributed by atoms with Crippen LogP contribution in [-0.2, 0) is 27.9 Å². The van der Waals surface area contributed by atoms with Crippen molar-refractivity contribution in [1.29, 1.82) is 0 Å². The van der Waals surface area contributed by atoms with Crippen molar-refractivity contribution in [3.63, 3.8) is 0 Å². The van der Waals surface area contributed by atoms with Crippen molar-refractivity contribution in [3.05, 3.63) is 64.2 Å². The van der Waals surface area contributed by atoms with Gasteiger partial charge in [0.05, 0.1) is 17.6 Å². The van der Waals surface area contributed by atoms with Gasteiger partial charge in [0, 0.05) is 6.54 Å². The van der Waals surface area contributed by atoms with Crippen LogP contribution in [0, 0.1) is 20.8 Å². The van der Waals surface area contributed by atoms with Crippen molar-refractivity contribution in [2.45, 2.75) is 58.8 Å². The van der Waals surface area contributed by atoms with E-state index in [4.69, 9.17) is 4.74 Å². The summed E-state index contributed by atoms with van der Waals surface area (Å²) in [5, 5.41) is 0. The molecule has 0 saturated heterocycles. The first-order valence-electron chi connectivity index (χ1n) is 8.46. The highest BCUT2D eigenvalue weighted by Crippen LogP contribution is 2.22. The molecule has 2 rings (SSSR count). The molecule has 0 spiro atoms. The van der Waals surface area contributed by atoms with Gasteiger partial charge in [-0.3, -0.25) is 0 Å². The van der Waals surface area contributed by atoms with E-state index in [0.717, 1.165) is 27.8 Å². The zero-order chi connectivity index (χ0) is 18.6. The van der Waals surface area contributed by atoms with Crippen LogP contribution in [0.1, 0.15) is 41.7 Å². The second-order valence-electron chi connectivity index (χ2n) is 6.68. The third kappa shape index (κ3) is 5.14. The second kappa shape index (κ2) is 8.13. The lowest BCUT2D eigenvalue weighted by atomic mass is 10.1. The molecule has 0 aliphatic carbocycles. The lowest BCUT2D eigenvalue weighted by Crippen LogP contribution is -2.25. The number of hydrogen-bond acceptors (Lipinski definition) is 3. The number of benzene rings is 2. The average molecular weight is 362 g/mol. The molecule has 25 heavy (non-hydrogen) atoms. The summed E-state index contributed by atoms with van der Waals surface area (Å²) in [6.45, 7) is 10.3. The van der Waals surface area contributed by atoms with Crippen LogP contribution in [-0.4, -0.2) is 14.5 Å². The summed E-state index contributed by atoms with van der Waals surface area (Å²) in [6.07, 6.45) is 0.127. The fourth-order valence-corrected chi connectivity index (χ4v) is 4.42. The van der Waals surface area contributed by atoms with Crippen molar-refractivity contribution in [1.82, 2.24) is 4.72 Å². The minimum absolute atomic E-state index is 0.127. The maximum absolute atomic E-state index is 12.8. The van der Waals surface area contributed by atoms with Gasteiger partial charge in [-0.15, -0.1) is 0 Å². The monoisotopic (exact) mass is 361 g/mol. The van der Waals surface area contributed by atoms with Crippen LogP contribution in [0.2, 0.25) is 0 Å². The van der Waals surface area contributed by atoms with Crippen LogP contribution in [0.4, 0.5) is 0 Å². The lowest BCUT2D eigenvalue weighted by molar-refractivity contribution is 0.0652. The maximum Gasteiger partial charge on any atom is 0.241 e. The normalized spacial score (nSPS) is 11.9. The number of hydrogen-bond donors (Lipinski definition) is 1. The van der Waals surface area contributed by atoms with Crippen molar-refractivity contribution < 1.29 is 13.2 Å². The average Bonchev–Trinajstić information content (AvgIpc) is 2.50. The number of rotatable bonds is 7. The topological polar surface area (TPSA) is 55.4 Å². The fourth-order valence-electron chi connectivity index (χ4n) is 2.96. The van der Waals surface area contributed by atoms with Crippen LogP contribution in [0.25, 0.3) is 0 Å². The van der Waals surface area contributed by atoms with Crippen LogP contribution >= 0.6 is 0 Å². The highest BCUT2D eigenvalue weighted by atomic mass is 32.2. The molecule has 5 heteroatoms. The van der Waals surface area contributed by atoms with E-state index in [1.165, 1.54) is 0 Å². The Hall–Kier alpha value is -1.69. The molecule has 0 aliphatic heterocycles. The van der Waals surface area contributed by atoms with E-state index in [1.807, 2.05) is 71.0 Å². The largest absolute Gasteiger partial charge is 0.374 e. The molecule has 0 atom stereocenters. The molecule has 0 amide bonds. The van der Waals surface area contributed by atoms with Crippen molar-refractivity contribution >= 4 is 10.0 Å². The zero-order valence-corrected chi connectivity index (χ0v) is 16.4. The molecule has 0 aliphatic rings. The van der Waals surface area contributed by atoms with Gasteiger partial charge >= 0.3 is 0 Å². The quantitative estimate of drug-likeness (QED) is 0.810. The molecule has 2 aromatic carbocycles. The summed E-state index contributed by atoms with van der Waals surface area (Å²) in [4.78, 5) is 0.369. The molecule has 2 aromatic rings. The molecule has 0 bridgehead atoms. The summed E-state index contributed by atoms with van der Waals surface area (Å²) in [7, 11) is -3.58. The van der Waals surface area contributed by atoms with Gasteiger partial charge in [-0.2, -0.15) is 0 Å². The van der Waals surface area contributed by atoms with Gasteiger partial charge in [-0.25, -0.2) is 13.1 Å². The predicted octanol–water partition coefficient (Wildman–Crippen LogP) is 4.02. The molecule has 0 heterocycles. The predicted molar refractivity (Wildman–Crippen MR) is 101 cm³/mol. The van der Waals surface area contributed by atoms with Crippen molar-refractivity contribution in [2.24, 2.45) is 0 Å². The van der Waals surface area contributed by atoms with Crippen LogP contribution in [0.3, 0.4) is 0 Å². The number of sulfonamides is 1. The van der Waals surface area contributed by atoms with Gasteiger partial charge in [-0.1, -0.05) is 42.0 Å². The van der Waals surface area contributed by atoms with Crippen molar-refractivity contribution in [2.75, 3.05) is 0 Å². The minimum Gasteiger partial charge on any atom is -0.374 e. The smallest absolute Gasteiger partial charge is 0.241 e. The first-order valence-corrected chi connectivity index (χ1v) is 9.95. The summed E-state index contributed by atoms with van der Waals surface area (Å²) in [5.74, 6) is 0. The Morgan fingerprint density at radius 1 is 1.00 bits per heavy atom. The van der Waals surface area contributed by atoms with Gasteiger partial charge in [0.2, 0.25) is 10.0 Å². The van der Waals surface area contributed by atoms with Gasteiger partial charge in [0.25, 0.3) is 0 Å². The van der Waals surface area contributed by atoms with Crippen LogP contribution in [0.5, 0.6) is 0 Å². The number of ether oxygens (including phenoxy) is 1. The first-order chi connectivity index (χ1) is 11.7. The molecule has 0 fully saturated rings. The molecule has 4 nitrogen and oxygen atoms in total. The maximum atomic E-state index is 12.8. The van der Waals surface area contributed by atoms with Gasteiger partial charge in [-0.05, 0) is 56.9 Å². The second-order valence-corrected chi connectivity index (χ2v) is 8.38. The summed E-state index contributed by atoms with van der Waals surface area (Å²) in [6, 6.07) is 11.5. The fraction of sp³-hybridized carbons (Fsp3) is 0.400. The van der Waals surface area contributed by atoms with E-state index in [-0.39, 0.29) is 12.6 Å². The molecule has 0 saturated carbocycles. The van der Waals surface area contributed by atoms with E-state index >= 15 is 0 Å². The number of nitrogens with one attached hydrogen (secondary N) is 1. The van der Waals surface area contributed by atoms with Gasteiger partial charge in [0.1, 0.15) is 0 Å². The molecule has 0 unspecified atom stereocenters. The van der Waals surface area contributed by atoms with E-state index in [2.05, 4.69) is 4.72 Å². The third-order valence-corrected chi connectivity index (χ3v) is 5.72. The summed E-state index contributed by atoms with van der Waals surface area (Å²) in [5.41, 5.74) is 4.51. The Bertz CT molecular complexity index is 819. The SMILES string of the molecule is Cc1cc(C)c(S(=O)(=O)NCc2ccccc2COC(C)C)c(C)c1. The highest BCUT2D eigenvalue weighted by molar-refractivity contribution is 7.89. The Morgan fingerprint density at radius 3 is 2.12 bits per heavy atom. The lowest BCUT2D eigenvalue weighted by Gasteiger charge is -2.15. The molecule has 0 radical (unpaired) electrons. The Kier molecular flexibility index (Phi) is 6.38. The molecular weight excluding hydrogens is 334 g/mol. The van der Waals surface area contributed by atoms with Crippen LogP contribution in [0.15, 0.2) is 41.3 Å². The Balaban J connectivity index is 2.21. The van der Waals surface area contributed by atoms with Crippen molar-refractivity contribution in [3.8, 4) is 0 Å². The molecule has 1 N–H and O–H groups in total. The Labute approximate surface area is 151 Å². The minimum atomic E-state index is -3.58. The summed E-state index contributed by atoms with van der Waals surface area (Å²) < 4.78 is 34.0. The highest BCUT2D eigenvalue weighted by Gasteiger charge is 2.20. The van der Waals surface area contributed by atoms with Crippen LogP contribution < -0.4 is 4.72 Å². The zero-order valence-electron chi connectivity index (χ0n) is 15.6. The molecule has 0 aromatic heterocycles. The molecule has 136 valence electrons. The van der Waals surface area contributed by atoms with Gasteiger partial charge < -0.3 is 4.74 Å². The standard InChI is InChI=1S/C20H27NO3S/c1-14(2)24-13-19-9-7-6-8-18(19)12-21-25(22,23)20-16(4)10-15(3)11-17(20)5/h6-11,14,21H,12-13H2,1-5H3. The summed E-state index contributed by atoms with van der Waals surface area (Å²) >= 11 is 0. The molecular formula is C20H27NO3S. The Morgan fingerprint density at radius 2 is 1.56 bits per heavy atom. The van der Waals surface area contributed by atoms with Gasteiger partial charge in [0.15, 0.2) is 0 Å². The number of aryl methyl sites for hydroxylation is 3.